The molecule has 112 valence electrons. The summed E-state index contributed by atoms with van der Waals surface area (Å²) in [5, 5.41) is 24.9. The van der Waals surface area contributed by atoms with E-state index < -0.39 is 10.9 Å². The van der Waals surface area contributed by atoms with Crippen LogP contribution in [0, 0.1) is 10.1 Å². The Morgan fingerprint density at radius 3 is 2.48 bits per heavy atom. The molecule has 0 heterocycles. The molecule has 0 aliphatic carbocycles. The van der Waals surface area contributed by atoms with Crippen molar-refractivity contribution >= 4 is 17.3 Å². The second-order valence-corrected chi connectivity index (χ2v) is 4.37. The first-order valence-corrected chi connectivity index (χ1v) is 6.40. The summed E-state index contributed by atoms with van der Waals surface area (Å²) in [6.45, 7) is 0.481. The molecule has 0 amide bonds. The van der Waals surface area contributed by atoms with Gasteiger partial charge in [0.05, 0.1) is 16.4 Å². The molecule has 9 nitrogen and oxygen atoms in total. The normalized spacial score (nSPS) is 11.4. The van der Waals surface area contributed by atoms with Gasteiger partial charge in [0.15, 0.2) is 0 Å². The highest BCUT2D eigenvalue weighted by Crippen LogP contribution is 2.12. The number of carboxylic acid groups (broad SMARTS) is 1. The van der Waals surface area contributed by atoms with Crippen LogP contribution in [-0.4, -0.2) is 17.4 Å². The van der Waals surface area contributed by atoms with E-state index in [2.05, 4.69) is 10.1 Å². The maximum atomic E-state index is 10.6. The molecule has 0 saturated heterocycles. The number of nitro benzene ring substituents is 1. The van der Waals surface area contributed by atoms with E-state index in [0.29, 0.717) is 36.5 Å². The number of hydrogen-bond acceptors (Lipinski definition) is 5. The molecule has 0 bridgehead atoms. The monoisotopic (exact) mass is 293 g/mol. The van der Waals surface area contributed by atoms with Gasteiger partial charge < -0.3 is 9.90 Å². The van der Waals surface area contributed by atoms with Gasteiger partial charge >= 0.3 is 0 Å². The van der Waals surface area contributed by atoms with Gasteiger partial charge in [-0.3, -0.25) is 10.1 Å². The molecule has 0 aliphatic heterocycles. The number of non-ortho nitro benzene ring substituents is 1. The molecule has 21 heavy (non-hydrogen) atoms. The number of quaternary nitrogens is 1. The molecule has 1 N–H and O–H groups in total. The lowest BCUT2D eigenvalue weighted by molar-refractivity contribution is -0.842. The fourth-order valence-electron chi connectivity index (χ4n) is 1.82. The summed E-state index contributed by atoms with van der Waals surface area (Å²) in [7, 11) is 0. The third kappa shape index (κ3) is 5.89. The first-order valence-electron chi connectivity index (χ1n) is 6.40. The van der Waals surface area contributed by atoms with Crippen LogP contribution in [0.5, 0.6) is 0 Å². The SMILES string of the molecule is [N-]=[N+]=N[NH+](CCCCCC(=O)[O-])c1ccc([N+](=O)[O-])cc1. The third-order valence-corrected chi connectivity index (χ3v) is 2.87. The van der Waals surface area contributed by atoms with Crippen molar-refractivity contribution in [2.24, 2.45) is 5.22 Å². The van der Waals surface area contributed by atoms with Gasteiger partial charge in [0, 0.05) is 35.8 Å². The molecular weight excluding hydrogens is 278 g/mol. The van der Waals surface area contributed by atoms with Crippen molar-refractivity contribution in [1.29, 1.82) is 0 Å². The van der Waals surface area contributed by atoms with E-state index in [1.165, 1.54) is 24.3 Å². The van der Waals surface area contributed by atoms with E-state index in [9.17, 15) is 20.0 Å². The van der Waals surface area contributed by atoms with Gasteiger partial charge in [0.25, 0.3) is 5.69 Å². The Morgan fingerprint density at radius 2 is 1.95 bits per heavy atom. The summed E-state index contributed by atoms with van der Waals surface area (Å²) in [5.41, 5.74) is 9.15. The molecule has 1 atom stereocenters. The summed E-state index contributed by atoms with van der Waals surface area (Å²) in [6.07, 6.45) is 1.85. The second kappa shape index (κ2) is 8.51. The van der Waals surface area contributed by atoms with Crippen LogP contribution in [0.15, 0.2) is 29.5 Å². The van der Waals surface area contributed by atoms with E-state index in [4.69, 9.17) is 5.53 Å². The Balaban J connectivity index is 2.58. The van der Waals surface area contributed by atoms with E-state index in [0.717, 1.165) is 0 Å². The van der Waals surface area contributed by atoms with Crippen LogP contribution >= 0.6 is 0 Å². The summed E-state index contributed by atoms with van der Waals surface area (Å²) in [5.74, 6) is -1.08. The zero-order valence-corrected chi connectivity index (χ0v) is 11.3. The number of hydrogen-bond donors (Lipinski definition) is 1. The average Bonchev–Trinajstić information content (AvgIpc) is 2.45. The Hall–Kier alpha value is -2.64. The van der Waals surface area contributed by atoms with E-state index in [1.807, 2.05) is 0 Å². The minimum Gasteiger partial charge on any atom is -0.550 e. The maximum Gasteiger partial charge on any atom is 0.269 e. The average molecular weight is 293 g/mol. The van der Waals surface area contributed by atoms with Gasteiger partial charge in [-0.25, -0.2) is 0 Å². The van der Waals surface area contributed by atoms with Crippen molar-refractivity contribution in [3.05, 3.63) is 44.8 Å². The summed E-state index contributed by atoms with van der Waals surface area (Å²) in [4.78, 5) is 23.1. The van der Waals surface area contributed by atoms with Gasteiger partial charge in [-0.15, -0.1) is 0 Å². The van der Waals surface area contributed by atoms with Gasteiger partial charge in [-0.05, 0) is 25.7 Å². The number of unbranched alkanes of at least 4 members (excludes halogenated alkanes) is 2. The molecule has 0 fully saturated rings. The summed E-state index contributed by atoms with van der Waals surface area (Å²) < 4.78 is 0. The zero-order valence-electron chi connectivity index (χ0n) is 11.3. The molecule has 1 rings (SSSR count). The van der Waals surface area contributed by atoms with Crippen molar-refractivity contribution in [2.45, 2.75) is 25.7 Å². The molecule has 1 aromatic carbocycles. The van der Waals surface area contributed by atoms with Crippen molar-refractivity contribution in [3.63, 3.8) is 0 Å². The molecule has 0 saturated carbocycles. The predicted molar refractivity (Wildman–Crippen MR) is 71.2 cm³/mol. The number of carboxylic acids is 1. The summed E-state index contributed by atoms with van der Waals surface area (Å²) >= 11 is 0. The molecule has 0 spiro atoms. The molecule has 1 aromatic rings. The highest BCUT2D eigenvalue weighted by atomic mass is 16.6. The largest absolute Gasteiger partial charge is 0.550 e. The Bertz CT molecular complexity index is 539. The topological polar surface area (TPSA) is 136 Å². The van der Waals surface area contributed by atoms with E-state index >= 15 is 0 Å². The van der Waals surface area contributed by atoms with Crippen molar-refractivity contribution in [3.8, 4) is 0 Å². The van der Waals surface area contributed by atoms with Crippen LogP contribution in [-0.2, 0) is 4.79 Å². The highest BCUT2D eigenvalue weighted by Gasteiger charge is 2.13. The molecule has 9 heteroatoms. The van der Waals surface area contributed by atoms with Crippen LogP contribution in [0.4, 0.5) is 11.4 Å². The van der Waals surface area contributed by atoms with E-state index in [-0.39, 0.29) is 12.1 Å². The minimum atomic E-state index is -1.08. The quantitative estimate of drug-likeness (QED) is 0.178. The van der Waals surface area contributed by atoms with Crippen molar-refractivity contribution in [1.82, 2.24) is 0 Å². The van der Waals surface area contributed by atoms with Gasteiger partial charge in [0.1, 0.15) is 10.9 Å². The van der Waals surface area contributed by atoms with Crippen LogP contribution in [0.3, 0.4) is 0 Å². The Kier molecular flexibility index (Phi) is 6.66. The van der Waals surface area contributed by atoms with Gasteiger partial charge in [0.2, 0.25) is 0 Å². The first kappa shape index (κ1) is 16.4. The fourth-order valence-corrected chi connectivity index (χ4v) is 1.82. The van der Waals surface area contributed by atoms with E-state index in [1.54, 1.807) is 0 Å². The predicted octanol–water partition coefficient (Wildman–Crippen LogP) is 0.647. The number of carbonyl (C=O) groups is 1. The lowest BCUT2D eigenvalue weighted by Crippen LogP contribution is -3.02. The molecule has 0 aromatic heterocycles. The van der Waals surface area contributed by atoms with Crippen LogP contribution in [0.25, 0.3) is 10.4 Å². The van der Waals surface area contributed by atoms with Crippen molar-refractivity contribution in [2.75, 3.05) is 6.54 Å². The molecular formula is C12H15N5O4. The second-order valence-electron chi connectivity index (χ2n) is 4.37. The smallest absolute Gasteiger partial charge is 0.269 e. The highest BCUT2D eigenvalue weighted by molar-refractivity contribution is 5.64. The van der Waals surface area contributed by atoms with Crippen LogP contribution in [0.1, 0.15) is 25.7 Å². The van der Waals surface area contributed by atoms with Crippen molar-refractivity contribution < 1.29 is 19.8 Å². The fraction of sp³-hybridized carbons (Fsp3) is 0.417. The summed E-state index contributed by atoms with van der Waals surface area (Å²) in [6, 6.07) is 5.75. The molecule has 0 radical (unpaired) electrons. The standard InChI is InChI=1S/C12H15N5O4/c13-14-15-16(9-3-1-2-4-12(18)19)10-5-7-11(8-6-10)17(20)21/h5-8H,1-4,9H2,(H,18,19). The first-order chi connectivity index (χ1) is 10.0. The van der Waals surface area contributed by atoms with Gasteiger partial charge in [-0.1, -0.05) is 0 Å². The number of carbonyl (C=O) groups excluding carboxylic acids is 1. The third-order valence-electron chi connectivity index (χ3n) is 2.87. The number of benzene rings is 1. The Labute approximate surface area is 120 Å². The lowest BCUT2D eigenvalue weighted by atomic mass is 10.2. The number of aliphatic carboxylic acids is 1. The van der Waals surface area contributed by atoms with Crippen LogP contribution < -0.4 is 10.1 Å². The lowest BCUT2D eigenvalue weighted by Gasteiger charge is -2.10. The number of nitrogens with one attached hydrogen (secondary N) is 1. The molecule has 0 aliphatic rings. The molecule has 1 unspecified atom stereocenters. The minimum absolute atomic E-state index is 0.00832. The number of nitro groups is 1. The zero-order chi connectivity index (χ0) is 15.7. The Morgan fingerprint density at radius 1 is 1.29 bits per heavy atom. The number of nitrogens with zero attached hydrogens (tertiary/aromatic N) is 4. The van der Waals surface area contributed by atoms with Gasteiger partial charge in [-0.2, -0.15) is 5.01 Å². The maximum absolute atomic E-state index is 10.6. The van der Waals surface area contributed by atoms with Crippen LogP contribution in [0.2, 0.25) is 0 Å². The number of azide groups is 1. The number of rotatable bonds is 9.